The average Bonchev–Trinajstić information content (AvgIpc) is 2.89. The predicted octanol–water partition coefficient (Wildman–Crippen LogP) is 1.72. The van der Waals surface area contributed by atoms with Gasteiger partial charge in [0, 0.05) is 37.6 Å². The molecule has 1 saturated heterocycles. The summed E-state index contributed by atoms with van der Waals surface area (Å²) in [6.45, 7) is 1.97. The topological polar surface area (TPSA) is 112 Å². The predicted molar refractivity (Wildman–Crippen MR) is 122 cm³/mol. The number of nitrogens with zero attached hydrogens (tertiary/aromatic N) is 4. The van der Waals surface area contributed by atoms with Crippen molar-refractivity contribution in [2.45, 2.75) is 6.10 Å². The van der Waals surface area contributed by atoms with E-state index in [1.807, 2.05) is 23.1 Å². The maximum atomic E-state index is 13.0. The number of benzene rings is 2. The molecule has 3 aromatic rings. The number of anilines is 2. The minimum absolute atomic E-state index is 0.0331. The Morgan fingerprint density at radius 3 is 2.52 bits per heavy atom. The summed E-state index contributed by atoms with van der Waals surface area (Å²) in [4.78, 5) is 25.6. The molecule has 2 aromatic carbocycles. The molecule has 5 rings (SSSR count). The number of ether oxygens (including phenoxy) is 4. The van der Waals surface area contributed by atoms with E-state index in [0.29, 0.717) is 43.6 Å². The van der Waals surface area contributed by atoms with Gasteiger partial charge >= 0.3 is 0 Å². The van der Waals surface area contributed by atoms with E-state index in [0.717, 1.165) is 0 Å². The molecule has 0 aliphatic carbocycles. The fraction of sp³-hybridized carbons (Fsp3) is 0.348. The first-order chi connectivity index (χ1) is 16.9. The molecule has 2 aliphatic rings. The highest BCUT2D eigenvalue weighted by Crippen LogP contribution is 2.34. The third kappa shape index (κ3) is 3.88. The van der Waals surface area contributed by atoms with Gasteiger partial charge in [0.15, 0.2) is 23.0 Å². The van der Waals surface area contributed by atoms with E-state index in [1.54, 1.807) is 11.0 Å². The molecule has 1 fully saturated rings. The average molecular weight is 453 g/mol. The molecule has 2 N–H and O–H groups in total. The third-order valence-corrected chi connectivity index (χ3v) is 5.67. The molecule has 0 radical (unpaired) electrons. The number of amides is 1. The van der Waals surface area contributed by atoms with Crippen LogP contribution in [-0.4, -0.2) is 73.9 Å². The van der Waals surface area contributed by atoms with Crippen LogP contribution in [0.25, 0.3) is 10.9 Å². The van der Waals surface area contributed by atoms with Crippen LogP contribution >= 0.6 is 0 Å². The van der Waals surface area contributed by atoms with Crippen molar-refractivity contribution in [3.8, 4) is 23.0 Å². The largest absolute Gasteiger partial charge is 0.493 e. The first kappa shape index (κ1) is 18.6. The number of para-hydroxylation sites is 2. The Kier molecular flexibility index (Phi) is 4.81. The molecule has 0 bridgehead atoms. The van der Waals surface area contributed by atoms with E-state index in [9.17, 15) is 4.79 Å². The van der Waals surface area contributed by atoms with Crippen molar-refractivity contribution < 1.29 is 26.5 Å². The lowest BCUT2D eigenvalue weighted by Gasteiger charge is -2.37. The fourth-order valence-electron chi connectivity index (χ4n) is 3.91. The summed E-state index contributed by atoms with van der Waals surface area (Å²) in [6.07, 6.45) is -0.701. The van der Waals surface area contributed by atoms with E-state index in [4.69, 9.17) is 27.4 Å². The lowest BCUT2D eigenvalue weighted by Crippen LogP contribution is -2.54. The van der Waals surface area contributed by atoms with E-state index in [1.165, 1.54) is 14.2 Å². The number of methoxy groups -OCH3 is 2. The molecule has 0 spiro atoms. The quantitative estimate of drug-likeness (QED) is 0.631. The first-order valence-corrected chi connectivity index (χ1v) is 10.5. The molecular formula is C23H25N5O5. The number of aromatic nitrogens is 2. The van der Waals surface area contributed by atoms with Gasteiger partial charge in [0.05, 0.1) is 22.5 Å². The molecule has 1 atom stereocenters. The van der Waals surface area contributed by atoms with E-state index < -0.39 is 6.10 Å². The Morgan fingerprint density at radius 2 is 1.79 bits per heavy atom. The molecular weight excluding hydrogens is 426 g/mol. The van der Waals surface area contributed by atoms with Gasteiger partial charge in [0.25, 0.3) is 5.91 Å². The van der Waals surface area contributed by atoms with Gasteiger partial charge in [0.2, 0.25) is 12.1 Å². The summed E-state index contributed by atoms with van der Waals surface area (Å²) in [7, 11) is 2.80. The van der Waals surface area contributed by atoms with Crippen molar-refractivity contribution in [3.63, 3.8) is 0 Å². The molecule has 0 saturated carbocycles. The number of piperazine rings is 1. The molecule has 1 amide bonds. The normalized spacial score (nSPS) is 18.5. The highest BCUT2D eigenvalue weighted by atomic mass is 16.6. The van der Waals surface area contributed by atoms with Crippen LogP contribution in [0.4, 0.5) is 11.8 Å². The zero-order valence-electron chi connectivity index (χ0n) is 20.3. The summed E-state index contributed by atoms with van der Waals surface area (Å²) in [5.41, 5.74) is 6.40. The van der Waals surface area contributed by atoms with Crippen LogP contribution in [0.2, 0.25) is 0 Å². The highest BCUT2D eigenvalue weighted by molar-refractivity contribution is 5.91. The number of carbonyl (C=O) groups excluding carboxylic acids is 1. The molecule has 3 heterocycles. The highest BCUT2D eigenvalue weighted by Gasteiger charge is 2.33. The zero-order valence-corrected chi connectivity index (χ0v) is 18.3. The van der Waals surface area contributed by atoms with Gasteiger partial charge in [-0.2, -0.15) is 4.98 Å². The number of rotatable bonds is 4. The fourth-order valence-corrected chi connectivity index (χ4v) is 3.91. The molecule has 1 unspecified atom stereocenters. The Labute approximate surface area is 193 Å². The Bertz CT molecular complexity index is 1300. The zero-order chi connectivity index (χ0) is 24.7. The maximum absolute atomic E-state index is 13.0. The lowest BCUT2D eigenvalue weighted by molar-refractivity contribution is -0.141. The number of carbonyl (C=O) groups is 1. The second kappa shape index (κ2) is 8.53. The summed E-state index contributed by atoms with van der Waals surface area (Å²) in [5.74, 6) is 1.68. The van der Waals surface area contributed by atoms with E-state index in [2.05, 4.69) is 9.97 Å². The smallest absolute Gasteiger partial charge is 0.267 e. The summed E-state index contributed by atoms with van der Waals surface area (Å²) >= 11 is 0. The van der Waals surface area contributed by atoms with Gasteiger partial charge in [-0.3, -0.25) is 4.79 Å². The first-order valence-electron chi connectivity index (χ1n) is 11.5. The molecule has 10 heteroatoms. The van der Waals surface area contributed by atoms with Crippen molar-refractivity contribution in [2.24, 2.45) is 0 Å². The van der Waals surface area contributed by atoms with Gasteiger partial charge < -0.3 is 34.5 Å². The van der Waals surface area contributed by atoms with Crippen molar-refractivity contribution in [3.05, 3.63) is 36.4 Å². The molecule has 33 heavy (non-hydrogen) atoms. The van der Waals surface area contributed by atoms with Crippen LogP contribution in [0, 0.1) is 0 Å². The summed E-state index contributed by atoms with van der Waals surface area (Å²) in [6, 6.07) is 7.20. The van der Waals surface area contributed by atoms with Crippen molar-refractivity contribution >= 4 is 28.6 Å². The van der Waals surface area contributed by atoms with Crippen molar-refractivity contribution in [2.75, 3.05) is 57.6 Å². The summed E-state index contributed by atoms with van der Waals surface area (Å²) in [5, 5.41) is 0.236. The van der Waals surface area contributed by atoms with Gasteiger partial charge in [-0.25, -0.2) is 4.98 Å². The van der Waals surface area contributed by atoms with Crippen molar-refractivity contribution in [1.82, 2.24) is 14.9 Å². The number of hydrogen-bond donors (Lipinski definition) is 1. The maximum Gasteiger partial charge on any atom is 0.267 e. The second-order valence-electron chi connectivity index (χ2n) is 7.63. The monoisotopic (exact) mass is 453 g/mol. The Balaban J connectivity index is 1.34. The van der Waals surface area contributed by atoms with Crippen LogP contribution in [0.3, 0.4) is 0 Å². The van der Waals surface area contributed by atoms with E-state index in [-0.39, 0.29) is 52.8 Å². The number of nitrogens with two attached hydrogens (primary N) is 1. The molecule has 2 aliphatic heterocycles. The minimum Gasteiger partial charge on any atom is -0.493 e. The van der Waals surface area contributed by atoms with Gasteiger partial charge in [-0.05, 0) is 18.2 Å². The third-order valence-electron chi connectivity index (χ3n) is 5.67. The Hall–Kier alpha value is -3.95. The number of hydrogen-bond acceptors (Lipinski definition) is 9. The SMILES string of the molecule is [2H]c1c(OC)c(OC)c([2H])c2c(N)nc(N3CCN(C(=O)C4COc5ccccc5O4)CC3)nc12. The number of nitrogen functional groups attached to an aromatic ring is 1. The van der Waals surface area contributed by atoms with Gasteiger partial charge in [0.1, 0.15) is 12.4 Å². The number of fused-ring (bicyclic) bond motifs is 2. The van der Waals surface area contributed by atoms with Crippen molar-refractivity contribution in [1.29, 1.82) is 0 Å². The second-order valence-corrected chi connectivity index (χ2v) is 7.63. The van der Waals surface area contributed by atoms with Gasteiger partial charge in [-0.15, -0.1) is 0 Å². The summed E-state index contributed by atoms with van der Waals surface area (Å²) < 4.78 is 39.0. The van der Waals surface area contributed by atoms with Crippen LogP contribution < -0.4 is 29.6 Å². The van der Waals surface area contributed by atoms with Crippen LogP contribution in [0.15, 0.2) is 36.4 Å². The van der Waals surface area contributed by atoms with E-state index >= 15 is 0 Å². The minimum atomic E-state index is -0.701. The van der Waals surface area contributed by atoms with Crippen LogP contribution in [0.5, 0.6) is 23.0 Å². The van der Waals surface area contributed by atoms with Crippen LogP contribution in [-0.2, 0) is 4.79 Å². The Morgan fingerprint density at radius 1 is 1.09 bits per heavy atom. The van der Waals surface area contributed by atoms with Gasteiger partial charge in [-0.1, -0.05) is 12.1 Å². The molecule has 172 valence electrons. The van der Waals surface area contributed by atoms with Crippen LogP contribution in [0.1, 0.15) is 2.74 Å². The molecule has 1 aromatic heterocycles. The molecule has 10 nitrogen and oxygen atoms in total. The standard InChI is InChI=1S/C23H25N5O5/c1-30-18-11-14-15(12-19(18)31-2)25-23(26-21(14)24)28-9-7-27(8-10-28)22(29)20-13-32-16-5-3-4-6-17(16)33-20/h3-6,11-12,20H,7-10,13H2,1-2H3,(H2,24,25,26)/i11D,12D. The lowest BCUT2D eigenvalue weighted by atomic mass is 10.2.